The van der Waals surface area contributed by atoms with Gasteiger partial charge in [-0.25, -0.2) is 27.2 Å². The highest BCUT2D eigenvalue weighted by molar-refractivity contribution is 7.92. The number of aromatic nitrogens is 3. The van der Waals surface area contributed by atoms with Gasteiger partial charge in [-0.05, 0) is 56.2 Å². The number of aryl methyl sites for hydroxylation is 1. The number of benzene rings is 2. The van der Waals surface area contributed by atoms with E-state index >= 15 is 0 Å². The number of ether oxygens (including phenoxy) is 2. The number of methoxy groups -OCH3 is 1. The molecule has 13 heteroatoms. The van der Waals surface area contributed by atoms with E-state index in [-0.39, 0.29) is 23.8 Å². The molecule has 2 atom stereocenters. The largest absolute Gasteiger partial charge is 0.480 e. The van der Waals surface area contributed by atoms with Crippen molar-refractivity contribution in [3.63, 3.8) is 0 Å². The van der Waals surface area contributed by atoms with E-state index in [0.717, 1.165) is 54.8 Å². The molecular weight excluding hydrogens is 554 g/mol. The number of nitrogens with two attached hydrogens (primary N) is 1. The van der Waals surface area contributed by atoms with Crippen molar-refractivity contribution in [2.75, 3.05) is 37.2 Å². The monoisotopic (exact) mass is 586 g/mol. The summed E-state index contributed by atoms with van der Waals surface area (Å²) in [6.45, 7) is 7.50. The third-order valence-electron chi connectivity index (χ3n) is 6.93. The molecule has 41 heavy (non-hydrogen) atoms. The van der Waals surface area contributed by atoms with E-state index in [1.807, 2.05) is 22.8 Å². The lowest BCUT2D eigenvalue weighted by Gasteiger charge is -2.35. The molecule has 4 aromatic rings. The lowest BCUT2D eigenvalue weighted by atomic mass is 10.1. The van der Waals surface area contributed by atoms with Gasteiger partial charge < -0.3 is 19.8 Å². The summed E-state index contributed by atoms with van der Waals surface area (Å²) in [7, 11) is -3.07. The van der Waals surface area contributed by atoms with Gasteiger partial charge in [0.05, 0.1) is 30.4 Å². The summed E-state index contributed by atoms with van der Waals surface area (Å²) in [6, 6.07) is 9.36. The molecule has 0 amide bonds. The first-order valence-corrected chi connectivity index (χ1v) is 14.7. The highest BCUT2D eigenvalue weighted by Crippen LogP contribution is 2.32. The Morgan fingerprint density at radius 3 is 2.54 bits per heavy atom. The molecule has 3 N–H and O–H groups in total. The molecule has 218 valence electrons. The van der Waals surface area contributed by atoms with E-state index in [2.05, 4.69) is 33.4 Å². The third kappa shape index (κ3) is 6.26. The molecule has 0 saturated carbocycles. The highest BCUT2D eigenvalue weighted by atomic mass is 32.2. The average molecular weight is 587 g/mol. The number of hydrogen-bond acceptors (Lipinski definition) is 8. The standard InChI is InChI=1S/C28H32F2N6O4S/c1-17-15-35(16-18(2)40-17)9-4-10-36-25-12-19(5-7-23(25)33-28(36)31)20-11-24(27(39-3)32-14-20)34-41(37,38)26-8-6-21(29)13-22(26)30/h5-8,11-14,17-18,34H,4,9-10,15-16H2,1-3H3,(H2,31,33). The molecule has 1 saturated heterocycles. The van der Waals surface area contributed by atoms with Crippen LogP contribution in [0.2, 0.25) is 0 Å². The van der Waals surface area contributed by atoms with Gasteiger partial charge >= 0.3 is 0 Å². The van der Waals surface area contributed by atoms with Crippen molar-refractivity contribution in [2.24, 2.45) is 0 Å². The number of nitrogens with one attached hydrogen (secondary N) is 1. The number of hydrogen-bond donors (Lipinski definition) is 2. The first-order valence-electron chi connectivity index (χ1n) is 13.2. The fourth-order valence-corrected chi connectivity index (χ4v) is 6.32. The molecule has 2 aromatic carbocycles. The van der Waals surface area contributed by atoms with E-state index < -0.39 is 26.6 Å². The summed E-state index contributed by atoms with van der Waals surface area (Å²) in [5, 5.41) is 0. The van der Waals surface area contributed by atoms with Crippen molar-refractivity contribution in [1.82, 2.24) is 19.4 Å². The lowest BCUT2D eigenvalue weighted by Crippen LogP contribution is -2.45. The molecule has 2 aromatic heterocycles. The van der Waals surface area contributed by atoms with Crippen molar-refractivity contribution in [3.8, 4) is 17.0 Å². The minimum absolute atomic E-state index is 0.00388. The molecule has 5 rings (SSSR count). The van der Waals surface area contributed by atoms with Gasteiger partial charge in [0.2, 0.25) is 11.8 Å². The molecule has 3 heterocycles. The predicted octanol–water partition coefficient (Wildman–Crippen LogP) is 4.27. The van der Waals surface area contributed by atoms with Crippen molar-refractivity contribution in [1.29, 1.82) is 0 Å². The Morgan fingerprint density at radius 2 is 1.83 bits per heavy atom. The number of rotatable bonds is 9. The van der Waals surface area contributed by atoms with Crippen molar-refractivity contribution < 1.29 is 26.7 Å². The van der Waals surface area contributed by atoms with Crippen LogP contribution in [-0.2, 0) is 21.3 Å². The quantitative estimate of drug-likeness (QED) is 0.298. The smallest absolute Gasteiger partial charge is 0.264 e. The molecule has 1 aliphatic rings. The number of pyridine rings is 1. The van der Waals surface area contributed by atoms with Gasteiger partial charge in [-0.3, -0.25) is 9.62 Å². The predicted molar refractivity (Wildman–Crippen MR) is 152 cm³/mol. The summed E-state index contributed by atoms with van der Waals surface area (Å²) in [4.78, 5) is 10.4. The Labute approximate surface area is 237 Å². The van der Waals surface area contributed by atoms with E-state index in [1.165, 1.54) is 13.2 Å². The van der Waals surface area contributed by atoms with E-state index in [0.29, 0.717) is 24.1 Å². The molecule has 0 radical (unpaired) electrons. The number of imidazole rings is 1. The van der Waals surface area contributed by atoms with Gasteiger partial charge in [-0.1, -0.05) is 6.07 Å². The zero-order chi connectivity index (χ0) is 29.3. The fourth-order valence-electron chi connectivity index (χ4n) is 5.21. The van der Waals surface area contributed by atoms with Crippen LogP contribution in [0.25, 0.3) is 22.2 Å². The first-order chi connectivity index (χ1) is 19.5. The maximum Gasteiger partial charge on any atom is 0.264 e. The molecule has 0 spiro atoms. The summed E-state index contributed by atoms with van der Waals surface area (Å²) in [6.07, 6.45) is 2.81. The molecule has 10 nitrogen and oxygen atoms in total. The van der Waals surface area contributed by atoms with Gasteiger partial charge in [0.25, 0.3) is 10.0 Å². The van der Waals surface area contributed by atoms with Crippen LogP contribution in [0, 0.1) is 11.6 Å². The molecule has 0 bridgehead atoms. The zero-order valence-corrected chi connectivity index (χ0v) is 23.8. The van der Waals surface area contributed by atoms with Crippen molar-refractivity contribution in [3.05, 3.63) is 60.3 Å². The van der Waals surface area contributed by atoms with Crippen molar-refractivity contribution in [2.45, 2.75) is 43.9 Å². The Kier molecular flexibility index (Phi) is 8.11. The van der Waals surface area contributed by atoms with Crippen LogP contribution in [-0.4, -0.2) is 66.8 Å². The van der Waals surface area contributed by atoms with Gasteiger partial charge in [-0.2, -0.15) is 0 Å². The van der Waals surface area contributed by atoms with Crippen molar-refractivity contribution >= 4 is 32.7 Å². The van der Waals surface area contributed by atoms with E-state index in [4.69, 9.17) is 15.2 Å². The van der Waals surface area contributed by atoms with Crippen LogP contribution in [0.1, 0.15) is 20.3 Å². The molecule has 1 fully saturated rings. The number of sulfonamides is 1. The Bertz CT molecular complexity index is 1670. The number of anilines is 2. The number of nitrogen functional groups attached to an aromatic ring is 1. The maximum absolute atomic E-state index is 14.3. The summed E-state index contributed by atoms with van der Waals surface area (Å²) in [5.41, 5.74) is 9.14. The van der Waals surface area contributed by atoms with Crippen LogP contribution in [0.5, 0.6) is 5.88 Å². The number of halogens is 2. The summed E-state index contributed by atoms with van der Waals surface area (Å²) in [5.74, 6) is -1.71. The third-order valence-corrected chi connectivity index (χ3v) is 8.33. The average Bonchev–Trinajstić information content (AvgIpc) is 3.21. The maximum atomic E-state index is 14.3. The lowest BCUT2D eigenvalue weighted by molar-refractivity contribution is -0.0682. The molecule has 0 aliphatic carbocycles. The van der Waals surface area contributed by atoms with E-state index in [1.54, 1.807) is 6.20 Å². The number of nitrogens with zero attached hydrogens (tertiary/aromatic N) is 4. The second-order valence-corrected chi connectivity index (χ2v) is 11.8. The second-order valence-electron chi connectivity index (χ2n) is 10.2. The fraction of sp³-hybridized carbons (Fsp3) is 0.357. The van der Waals surface area contributed by atoms with Crippen LogP contribution in [0.3, 0.4) is 0 Å². The zero-order valence-electron chi connectivity index (χ0n) is 23.0. The van der Waals surface area contributed by atoms with Gasteiger partial charge in [0.15, 0.2) is 0 Å². The SMILES string of the molecule is COc1ncc(-c2ccc3nc(N)n(CCCN4CC(C)OC(C)C4)c3c2)cc1NS(=O)(=O)c1ccc(F)cc1F. The Hall–Kier alpha value is -3.81. The topological polar surface area (TPSA) is 125 Å². The van der Waals surface area contributed by atoms with Crippen LogP contribution < -0.4 is 15.2 Å². The molecule has 2 unspecified atom stereocenters. The van der Waals surface area contributed by atoms with Gasteiger partial charge in [-0.15, -0.1) is 0 Å². The first kappa shape index (κ1) is 28.7. The molecular formula is C28H32F2N6O4S. The molecule has 1 aliphatic heterocycles. The summed E-state index contributed by atoms with van der Waals surface area (Å²) < 4.78 is 68.8. The summed E-state index contributed by atoms with van der Waals surface area (Å²) >= 11 is 0. The minimum Gasteiger partial charge on any atom is -0.480 e. The van der Waals surface area contributed by atoms with Crippen LogP contribution in [0.15, 0.2) is 53.6 Å². The van der Waals surface area contributed by atoms with Gasteiger partial charge in [0, 0.05) is 44.0 Å². The van der Waals surface area contributed by atoms with Crippen LogP contribution >= 0.6 is 0 Å². The number of morpholine rings is 1. The minimum atomic E-state index is -4.41. The second kappa shape index (κ2) is 11.6. The Morgan fingerprint density at radius 1 is 1.07 bits per heavy atom. The van der Waals surface area contributed by atoms with Crippen LogP contribution in [0.4, 0.5) is 20.4 Å². The number of fused-ring (bicyclic) bond motifs is 1. The van der Waals surface area contributed by atoms with E-state index in [9.17, 15) is 17.2 Å². The highest BCUT2D eigenvalue weighted by Gasteiger charge is 2.23. The normalized spacial score (nSPS) is 18.1. The Balaban J connectivity index is 1.40. The van der Waals surface area contributed by atoms with Gasteiger partial charge in [0.1, 0.15) is 22.2 Å².